The lowest BCUT2D eigenvalue weighted by Gasteiger charge is -2.25. The van der Waals surface area contributed by atoms with E-state index in [1.54, 1.807) is 0 Å². The van der Waals surface area contributed by atoms with Crippen molar-refractivity contribution in [2.45, 2.75) is 32.2 Å². The van der Waals surface area contributed by atoms with Crippen LogP contribution in [-0.2, 0) is 23.7 Å². The SMILES string of the molecule is CCc1nn(C)c2c1nc(N)n2C1(C)CCOC1. The summed E-state index contributed by atoms with van der Waals surface area (Å²) in [5.74, 6) is 0.556. The summed E-state index contributed by atoms with van der Waals surface area (Å²) in [6.45, 7) is 5.69. The third kappa shape index (κ3) is 1.38. The minimum Gasteiger partial charge on any atom is -0.379 e. The number of nitrogens with zero attached hydrogens (tertiary/aromatic N) is 4. The van der Waals surface area contributed by atoms with Gasteiger partial charge in [0, 0.05) is 13.7 Å². The molecule has 6 nitrogen and oxygen atoms in total. The molecule has 0 spiro atoms. The highest BCUT2D eigenvalue weighted by Gasteiger charge is 2.36. The van der Waals surface area contributed by atoms with E-state index in [1.165, 1.54) is 0 Å². The minimum absolute atomic E-state index is 0.113. The molecule has 2 N–H and O–H groups in total. The molecule has 2 aromatic heterocycles. The normalized spacial score (nSPS) is 24.2. The van der Waals surface area contributed by atoms with Gasteiger partial charge in [-0.25, -0.2) is 4.98 Å². The fraction of sp³-hybridized carbons (Fsp3) is 0.667. The lowest BCUT2D eigenvalue weighted by Crippen LogP contribution is -2.32. The average Bonchev–Trinajstić information content (AvgIpc) is 2.96. The zero-order valence-corrected chi connectivity index (χ0v) is 11.1. The molecule has 1 fully saturated rings. The molecule has 1 unspecified atom stereocenters. The van der Waals surface area contributed by atoms with E-state index in [4.69, 9.17) is 10.5 Å². The predicted octanol–water partition coefficient (Wildman–Crippen LogP) is 1.05. The van der Waals surface area contributed by atoms with Crippen LogP contribution in [0.25, 0.3) is 11.2 Å². The fourth-order valence-corrected chi connectivity index (χ4v) is 2.80. The standard InChI is InChI=1S/C12H19N5O/c1-4-8-9-10(16(3)15-8)17(11(13)14-9)12(2)5-6-18-7-12/h4-7H2,1-3H3,(H2,13,14). The molecule has 3 rings (SSSR count). The Bertz CT molecular complexity index is 591. The molecule has 1 atom stereocenters. The predicted molar refractivity (Wildman–Crippen MR) is 69.4 cm³/mol. The van der Waals surface area contributed by atoms with Crippen molar-refractivity contribution >= 4 is 17.1 Å². The van der Waals surface area contributed by atoms with Gasteiger partial charge in [-0.15, -0.1) is 0 Å². The van der Waals surface area contributed by atoms with Gasteiger partial charge in [0.05, 0.1) is 17.8 Å². The number of ether oxygens (including phenoxy) is 1. The van der Waals surface area contributed by atoms with Crippen LogP contribution in [0.1, 0.15) is 26.0 Å². The van der Waals surface area contributed by atoms with E-state index in [0.29, 0.717) is 12.6 Å². The Kier molecular flexibility index (Phi) is 2.38. The van der Waals surface area contributed by atoms with Gasteiger partial charge in [0.25, 0.3) is 0 Å². The zero-order chi connectivity index (χ0) is 12.9. The smallest absolute Gasteiger partial charge is 0.203 e. The first-order chi connectivity index (χ1) is 8.57. The maximum atomic E-state index is 6.11. The first-order valence-electron chi connectivity index (χ1n) is 6.35. The van der Waals surface area contributed by atoms with Crippen molar-refractivity contribution in [1.82, 2.24) is 19.3 Å². The van der Waals surface area contributed by atoms with Crippen molar-refractivity contribution in [3.63, 3.8) is 0 Å². The molecule has 18 heavy (non-hydrogen) atoms. The lowest BCUT2D eigenvalue weighted by molar-refractivity contribution is 0.163. The van der Waals surface area contributed by atoms with Gasteiger partial charge in [-0.1, -0.05) is 6.92 Å². The third-order valence-corrected chi connectivity index (χ3v) is 3.80. The Labute approximate surface area is 106 Å². The Balaban J connectivity index is 2.28. The summed E-state index contributed by atoms with van der Waals surface area (Å²) in [4.78, 5) is 4.50. The molecule has 98 valence electrons. The minimum atomic E-state index is -0.113. The maximum Gasteiger partial charge on any atom is 0.203 e. The number of fused-ring (bicyclic) bond motifs is 1. The molecule has 0 saturated carbocycles. The Morgan fingerprint density at radius 3 is 2.89 bits per heavy atom. The van der Waals surface area contributed by atoms with Gasteiger partial charge in [0.2, 0.25) is 5.95 Å². The van der Waals surface area contributed by atoms with Crippen molar-refractivity contribution in [2.75, 3.05) is 18.9 Å². The number of nitrogens with two attached hydrogens (primary N) is 1. The van der Waals surface area contributed by atoms with Crippen molar-refractivity contribution in [3.8, 4) is 0 Å². The number of aromatic nitrogens is 4. The van der Waals surface area contributed by atoms with E-state index in [1.807, 2.05) is 11.7 Å². The molecule has 0 radical (unpaired) electrons. The summed E-state index contributed by atoms with van der Waals surface area (Å²) in [6.07, 6.45) is 1.82. The van der Waals surface area contributed by atoms with Gasteiger partial charge in [0.1, 0.15) is 5.52 Å². The van der Waals surface area contributed by atoms with Crippen LogP contribution in [0.3, 0.4) is 0 Å². The highest BCUT2D eigenvalue weighted by molar-refractivity contribution is 5.78. The first kappa shape index (κ1) is 11.5. The quantitative estimate of drug-likeness (QED) is 0.863. The third-order valence-electron chi connectivity index (χ3n) is 3.80. The van der Waals surface area contributed by atoms with Crippen molar-refractivity contribution < 1.29 is 4.74 Å². The van der Waals surface area contributed by atoms with Crippen LogP contribution < -0.4 is 5.73 Å². The second kappa shape index (κ2) is 3.71. The molecule has 1 aliphatic heterocycles. The lowest BCUT2D eigenvalue weighted by atomic mass is 10.0. The molecule has 0 amide bonds. The summed E-state index contributed by atoms with van der Waals surface area (Å²) in [5, 5.41) is 4.51. The highest BCUT2D eigenvalue weighted by Crippen LogP contribution is 2.34. The van der Waals surface area contributed by atoms with Gasteiger partial charge in [-0.2, -0.15) is 5.10 Å². The second-order valence-corrected chi connectivity index (χ2v) is 5.20. The number of aryl methyl sites for hydroxylation is 2. The van der Waals surface area contributed by atoms with Crippen LogP contribution in [-0.4, -0.2) is 32.5 Å². The topological polar surface area (TPSA) is 70.9 Å². The van der Waals surface area contributed by atoms with Crippen LogP contribution in [0, 0.1) is 0 Å². The number of hydrogen-bond donors (Lipinski definition) is 1. The van der Waals surface area contributed by atoms with Crippen LogP contribution >= 0.6 is 0 Å². The number of hydrogen-bond acceptors (Lipinski definition) is 4. The summed E-state index contributed by atoms with van der Waals surface area (Å²) in [7, 11) is 1.94. The van der Waals surface area contributed by atoms with Crippen LogP contribution in [0.2, 0.25) is 0 Å². The maximum absolute atomic E-state index is 6.11. The first-order valence-corrected chi connectivity index (χ1v) is 6.35. The van der Waals surface area contributed by atoms with Gasteiger partial charge >= 0.3 is 0 Å². The van der Waals surface area contributed by atoms with Crippen molar-refractivity contribution in [3.05, 3.63) is 5.69 Å². The van der Waals surface area contributed by atoms with Crippen LogP contribution in [0.5, 0.6) is 0 Å². The molecular weight excluding hydrogens is 230 g/mol. The zero-order valence-electron chi connectivity index (χ0n) is 11.1. The highest BCUT2D eigenvalue weighted by atomic mass is 16.5. The summed E-state index contributed by atoms with van der Waals surface area (Å²) in [5.41, 5.74) is 8.92. The average molecular weight is 249 g/mol. The number of imidazole rings is 1. The fourth-order valence-electron chi connectivity index (χ4n) is 2.80. The molecular formula is C12H19N5O. The van der Waals surface area contributed by atoms with E-state index in [9.17, 15) is 0 Å². The van der Waals surface area contributed by atoms with E-state index >= 15 is 0 Å². The second-order valence-electron chi connectivity index (χ2n) is 5.20. The van der Waals surface area contributed by atoms with E-state index in [2.05, 4.69) is 28.5 Å². The molecule has 0 bridgehead atoms. The Morgan fingerprint density at radius 2 is 2.28 bits per heavy atom. The number of nitrogen functional groups attached to an aromatic ring is 1. The molecule has 6 heteroatoms. The molecule has 0 aliphatic carbocycles. The largest absolute Gasteiger partial charge is 0.379 e. The van der Waals surface area contributed by atoms with E-state index in [0.717, 1.165) is 36.3 Å². The molecule has 1 saturated heterocycles. The Hall–Kier alpha value is -1.56. The summed E-state index contributed by atoms with van der Waals surface area (Å²) >= 11 is 0. The monoisotopic (exact) mass is 249 g/mol. The van der Waals surface area contributed by atoms with Crippen molar-refractivity contribution in [2.24, 2.45) is 7.05 Å². The molecule has 2 aromatic rings. The van der Waals surface area contributed by atoms with Crippen molar-refractivity contribution in [1.29, 1.82) is 0 Å². The van der Waals surface area contributed by atoms with Gasteiger partial charge in [0.15, 0.2) is 5.65 Å². The summed E-state index contributed by atoms with van der Waals surface area (Å²) in [6, 6.07) is 0. The Morgan fingerprint density at radius 1 is 1.50 bits per heavy atom. The summed E-state index contributed by atoms with van der Waals surface area (Å²) < 4.78 is 9.49. The van der Waals surface area contributed by atoms with E-state index < -0.39 is 0 Å². The molecule has 3 heterocycles. The molecule has 1 aliphatic rings. The van der Waals surface area contributed by atoms with Gasteiger partial charge < -0.3 is 10.5 Å². The van der Waals surface area contributed by atoms with Gasteiger partial charge in [-0.05, 0) is 19.8 Å². The van der Waals surface area contributed by atoms with Gasteiger partial charge in [-0.3, -0.25) is 9.25 Å². The van der Waals surface area contributed by atoms with Crippen LogP contribution in [0.15, 0.2) is 0 Å². The van der Waals surface area contributed by atoms with E-state index in [-0.39, 0.29) is 5.54 Å². The number of rotatable bonds is 2. The number of anilines is 1. The van der Waals surface area contributed by atoms with Crippen LogP contribution in [0.4, 0.5) is 5.95 Å². The molecule has 0 aromatic carbocycles.